The maximum Gasteiger partial charge on any atom is 0.313 e. The first kappa shape index (κ1) is 17.0. The van der Waals surface area contributed by atoms with Crippen molar-refractivity contribution in [2.45, 2.75) is 58.5 Å². The summed E-state index contributed by atoms with van der Waals surface area (Å²) in [5.74, 6) is 0.0666. The second-order valence-corrected chi connectivity index (χ2v) is 8.84. The molecular formula is C21H28O4. The summed E-state index contributed by atoms with van der Waals surface area (Å²) < 4.78 is 5.13. The van der Waals surface area contributed by atoms with Crippen LogP contribution in [0, 0.1) is 28.6 Å². The molecule has 0 saturated heterocycles. The number of ether oxygens (including phenoxy) is 1. The highest BCUT2D eigenvalue weighted by Crippen LogP contribution is 2.63. The van der Waals surface area contributed by atoms with Crippen molar-refractivity contribution in [3.63, 3.8) is 0 Å². The first-order chi connectivity index (χ1) is 11.8. The van der Waals surface area contributed by atoms with Gasteiger partial charge < -0.3 is 9.84 Å². The van der Waals surface area contributed by atoms with Crippen molar-refractivity contribution < 1.29 is 19.4 Å². The molecule has 4 aliphatic carbocycles. The molecule has 0 heterocycles. The van der Waals surface area contributed by atoms with Gasteiger partial charge in [-0.05, 0) is 38.0 Å². The first-order valence-corrected chi connectivity index (χ1v) is 9.52. The van der Waals surface area contributed by atoms with E-state index in [4.69, 9.17) is 4.74 Å². The number of aliphatic hydroxyl groups is 1. The SMILES string of the molecule is COC(=O)C1C=C2CC(O)CCC2(C)C2=CCC3(C)C(=O)CCC3C21. The maximum atomic E-state index is 12.6. The lowest BCUT2D eigenvalue weighted by Gasteiger charge is -2.53. The van der Waals surface area contributed by atoms with Gasteiger partial charge in [0.2, 0.25) is 0 Å². The summed E-state index contributed by atoms with van der Waals surface area (Å²) in [5, 5.41) is 10.1. The van der Waals surface area contributed by atoms with Gasteiger partial charge in [-0.15, -0.1) is 0 Å². The molecule has 6 atom stereocenters. The molecule has 1 N–H and O–H groups in total. The first-order valence-electron chi connectivity index (χ1n) is 9.52. The van der Waals surface area contributed by atoms with Gasteiger partial charge in [0.05, 0.1) is 19.1 Å². The van der Waals surface area contributed by atoms with Crippen molar-refractivity contribution >= 4 is 11.8 Å². The predicted molar refractivity (Wildman–Crippen MR) is 93.6 cm³/mol. The highest BCUT2D eigenvalue weighted by atomic mass is 16.5. The van der Waals surface area contributed by atoms with Crippen molar-refractivity contribution in [1.82, 2.24) is 0 Å². The van der Waals surface area contributed by atoms with Crippen LogP contribution in [0.1, 0.15) is 52.4 Å². The standard InChI is InChI=1S/C21H28O4/c1-20-8-6-13(22)10-12(20)11-14(19(24)25-3)18-15-4-5-17(23)21(15,2)9-7-16(18)20/h7,11,13-15,18,22H,4-6,8-10H2,1-3H3. The Hall–Kier alpha value is -1.42. The molecule has 0 aromatic carbocycles. The molecule has 0 amide bonds. The van der Waals surface area contributed by atoms with E-state index in [0.29, 0.717) is 18.6 Å². The van der Waals surface area contributed by atoms with Crippen LogP contribution in [0.25, 0.3) is 0 Å². The van der Waals surface area contributed by atoms with Crippen LogP contribution in [0.4, 0.5) is 0 Å². The minimum absolute atomic E-state index is 0.0571. The zero-order valence-electron chi connectivity index (χ0n) is 15.4. The van der Waals surface area contributed by atoms with Gasteiger partial charge in [-0.2, -0.15) is 0 Å². The van der Waals surface area contributed by atoms with Crippen molar-refractivity contribution in [2.24, 2.45) is 28.6 Å². The average Bonchev–Trinajstić information content (AvgIpc) is 2.89. The number of allylic oxidation sites excluding steroid dienone is 2. The number of fused-ring (bicyclic) bond motifs is 5. The molecule has 136 valence electrons. The van der Waals surface area contributed by atoms with Crippen molar-refractivity contribution in [2.75, 3.05) is 7.11 Å². The van der Waals surface area contributed by atoms with E-state index >= 15 is 0 Å². The number of methoxy groups -OCH3 is 1. The number of carbonyl (C=O) groups is 2. The third kappa shape index (κ3) is 2.22. The van der Waals surface area contributed by atoms with Crippen LogP contribution >= 0.6 is 0 Å². The third-order valence-electron chi connectivity index (χ3n) is 7.70. The molecule has 4 aliphatic rings. The number of carbonyl (C=O) groups excluding carboxylic acids is 2. The lowest BCUT2D eigenvalue weighted by molar-refractivity contribution is -0.147. The Bertz CT molecular complexity index is 690. The number of hydrogen-bond donors (Lipinski definition) is 1. The minimum Gasteiger partial charge on any atom is -0.469 e. The summed E-state index contributed by atoms with van der Waals surface area (Å²) in [6, 6.07) is 0. The monoisotopic (exact) mass is 344 g/mol. The van der Waals surface area contributed by atoms with E-state index in [0.717, 1.165) is 25.7 Å². The third-order valence-corrected chi connectivity index (χ3v) is 7.70. The topological polar surface area (TPSA) is 63.6 Å². The van der Waals surface area contributed by atoms with Gasteiger partial charge in [-0.3, -0.25) is 9.59 Å². The van der Waals surface area contributed by atoms with Gasteiger partial charge in [0.1, 0.15) is 5.78 Å². The van der Waals surface area contributed by atoms with E-state index in [9.17, 15) is 14.7 Å². The van der Waals surface area contributed by atoms with Gasteiger partial charge >= 0.3 is 5.97 Å². The van der Waals surface area contributed by atoms with Gasteiger partial charge in [0, 0.05) is 23.2 Å². The van der Waals surface area contributed by atoms with E-state index in [1.54, 1.807) is 0 Å². The van der Waals surface area contributed by atoms with E-state index in [1.165, 1.54) is 18.3 Å². The molecule has 4 nitrogen and oxygen atoms in total. The Balaban J connectivity index is 1.85. The summed E-state index contributed by atoms with van der Waals surface area (Å²) in [5.41, 5.74) is 2.08. The molecule has 0 bridgehead atoms. The molecule has 2 saturated carbocycles. The van der Waals surface area contributed by atoms with Crippen molar-refractivity contribution in [1.29, 1.82) is 0 Å². The Kier molecular flexibility index (Phi) is 3.77. The number of esters is 1. The Labute approximate surface area is 149 Å². The van der Waals surface area contributed by atoms with E-state index in [-0.39, 0.29) is 40.7 Å². The molecule has 0 aromatic heterocycles. The van der Waals surface area contributed by atoms with Gasteiger partial charge in [0.15, 0.2) is 0 Å². The summed E-state index contributed by atoms with van der Waals surface area (Å²) in [6.45, 7) is 4.34. The summed E-state index contributed by atoms with van der Waals surface area (Å²) in [6.07, 6.45) is 8.61. The second-order valence-electron chi connectivity index (χ2n) is 8.84. The Morgan fingerprint density at radius 2 is 2.08 bits per heavy atom. The van der Waals surface area contributed by atoms with Crippen molar-refractivity contribution in [3.8, 4) is 0 Å². The van der Waals surface area contributed by atoms with Crippen LogP contribution in [0.3, 0.4) is 0 Å². The molecule has 0 spiro atoms. The molecule has 0 radical (unpaired) electrons. The largest absolute Gasteiger partial charge is 0.469 e. The van der Waals surface area contributed by atoms with Crippen LogP contribution in [0.15, 0.2) is 23.3 Å². The molecule has 4 heteroatoms. The molecule has 0 aliphatic heterocycles. The molecule has 0 aromatic rings. The summed E-state index contributed by atoms with van der Waals surface area (Å²) in [4.78, 5) is 25.2. The lowest BCUT2D eigenvalue weighted by Crippen LogP contribution is -2.49. The Morgan fingerprint density at radius 3 is 2.80 bits per heavy atom. The number of ketones is 1. The quantitative estimate of drug-likeness (QED) is 0.586. The highest BCUT2D eigenvalue weighted by molar-refractivity contribution is 5.88. The zero-order valence-corrected chi connectivity index (χ0v) is 15.4. The van der Waals surface area contributed by atoms with Crippen molar-refractivity contribution in [3.05, 3.63) is 23.3 Å². The average molecular weight is 344 g/mol. The normalized spacial score (nSPS) is 45.7. The summed E-state index contributed by atoms with van der Waals surface area (Å²) >= 11 is 0. The second kappa shape index (κ2) is 5.54. The van der Waals surface area contributed by atoms with E-state index in [2.05, 4.69) is 26.0 Å². The van der Waals surface area contributed by atoms with Gasteiger partial charge in [-0.1, -0.05) is 37.1 Å². The fraction of sp³-hybridized carbons (Fsp3) is 0.714. The van der Waals surface area contributed by atoms with Crippen LogP contribution in [-0.4, -0.2) is 30.1 Å². The molecular weight excluding hydrogens is 316 g/mol. The smallest absolute Gasteiger partial charge is 0.313 e. The van der Waals surface area contributed by atoms with Crippen LogP contribution in [-0.2, 0) is 14.3 Å². The minimum atomic E-state index is -0.337. The number of hydrogen-bond acceptors (Lipinski definition) is 4. The van der Waals surface area contributed by atoms with Crippen LogP contribution < -0.4 is 0 Å². The summed E-state index contributed by atoms with van der Waals surface area (Å²) in [7, 11) is 1.44. The lowest BCUT2D eigenvalue weighted by atomic mass is 9.50. The molecule has 6 unspecified atom stereocenters. The fourth-order valence-electron chi connectivity index (χ4n) is 6.10. The molecule has 2 fully saturated rings. The van der Waals surface area contributed by atoms with E-state index < -0.39 is 0 Å². The van der Waals surface area contributed by atoms with Crippen LogP contribution in [0.5, 0.6) is 0 Å². The zero-order chi connectivity index (χ0) is 18.0. The van der Waals surface area contributed by atoms with Gasteiger partial charge in [0.25, 0.3) is 0 Å². The molecule has 4 rings (SSSR count). The van der Waals surface area contributed by atoms with Crippen LogP contribution in [0.2, 0.25) is 0 Å². The highest BCUT2D eigenvalue weighted by Gasteiger charge is 2.58. The Morgan fingerprint density at radius 1 is 1.32 bits per heavy atom. The maximum absolute atomic E-state index is 12.6. The number of aliphatic hydroxyl groups excluding tert-OH is 1. The predicted octanol–water partition coefficient (Wildman–Crippen LogP) is 3.20. The molecule has 25 heavy (non-hydrogen) atoms. The number of Topliss-reactive ketones (excluding diaryl/α,β-unsaturated/α-hetero) is 1. The van der Waals surface area contributed by atoms with E-state index in [1.807, 2.05) is 0 Å². The number of rotatable bonds is 1. The van der Waals surface area contributed by atoms with Gasteiger partial charge in [-0.25, -0.2) is 0 Å². The fourth-order valence-corrected chi connectivity index (χ4v) is 6.10.